The second-order valence-electron chi connectivity index (χ2n) is 8.96. The second-order valence-corrected chi connectivity index (χ2v) is 8.96. The molecule has 0 saturated carbocycles. The van der Waals surface area contributed by atoms with Crippen molar-refractivity contribution in [3.8, 4) is 11.5 Å². The average molecular weight is 415 g/mol. The third kappa shape index (κ3) is 3.32. The van der Waals surface area contributed by atoms with Crippen LogP contribution in [-0.4, -0.2) is 24.7 Å². The van der Waals surface area contributed by atoms with E-state index in [4.69, 9.17) is 9.47 Å². The highest BCUT2D eigenvalue weighted by Gasteiger charge is 2.59. The van der Waals surface area contributed by atoms with Gasteiger partial charge in [-0.25, -0.2) is 0 Å². The number of fused-ring (bicyclic) bond motifs is 1. The number of nitrogens with zero attached hydrogens (tertiary/aromatic N) is 1. The molecule has 160 valence electrons. The molecule has 3 nitrogen and oxygen atoms in total. The van der Waals surface area contributed by atoms with Gasteiger partial charge in [-0.1, -0.05) is 54.6 Å². The fourth-order valence-corrected chi connectivity index (χ4v) is 6.49. The van der Waals surface area contributed by atoms with Gasteiger partial charge in [-0.15, -0.1) is 0 Å². The summed E-state index contributed by atoms with van der Waals surface area (Å²) in [6.45, 7) is 1.04. The molecule has 5 rings (SSSR count). The van der Waals surface area contributed by atoms with Crippen LogP contribution in [0.25, 0.3) is 0 Å². The van der Waals surface area contributed by atoms with E-state index in [2.05, 4.69) is 78.9 Å². The second kappa shape index (κ2) is 8.39. The Morgan fingerprint density at radius 2 is 1.13 bits per heavy atom. The van der Waals surface area contributed by atoms with Gasteiger partial charge in [0.15, 0.2) is 0 Å². The summed E-state index contributed by atoms with van der Waals surface area (Å²) in [5.74, 6) is 2.04. The lowest BCUT2D eigenvalue weighted by Crippen LogP contribution is -2.50. The zero-order valence-electron chi connectivity index (χ0n) is 18.5. The molecule has 0 aliphatic carbocycles. The minimum atomic E-state index is 0.416. The maximum Gasteiger partial charge on any atom is 0.128 e. The maximum absolute atomic E-state index is 5.85. The van der Waals surface area contributed by atoms with Crippen molar-refractivity contribution < 1.29 is 14.0 Å². The molecule has 0 bridgehead atoms. The Morgan fingerprint density at radius 3 is 1.65 bits per heavy atom. The molecule has 0 amide bonds. The first-order valence-electron chi connectivity index (χ1n) is 11.4. The van der Waals surface area contributed by atoms with Gasteiger partial charge in [-0.05, 0) is 24.3 Å². The fraction of sp³-hybridized carbons (Fsp3) is 0.357. The molecule has 0 unspecified atom stereocenters. The largest absolute Gasteiger partial charge is 0.496 e. The molecule has 31 heavy (non-hydrogen) atoms. The van der Waals surface area contributed by atoms with Gasteiger partial charge in [0.1, 0.15) is 30.1 Å². The van der Waals surface area contributed by atoms with Gasteiger partial charge in [0, 0.05) is 31.2 Å². The van der Waals surface area contributed by atoms with Crippen molar-refractivity contribution in [3.05, 3.63) is 95.6 Å². The van der Waals surface area contributed by atoms with Gasteiger partial charge >= 0.3 is 0 Å². The lowest BCUT2D eigenvalue weighted by Gasteiger charge is -2.46. The van der Waals surface area contributed by atoms with Crippen LogP contribution in [-0.2, 0) is 6.54 Å². The van der Waals surface area contributed by atoms with E-state index in [-0.39, 0.29) is 0 Å². The molecule has 2 saturated heterocycles. The van der Waals surface area contributed by atoms with E-state index >= 15 is 0 Å². The van der Waals surface area contributed by atoms with Gasteiger partial charge in [0.2, 0.25) is 0 Å². The molecule has 0 N–H and O–H groups in total. The fourth-order valence-electron chi connectivity index (χ4n) is 6.49. The highest BCUT2D eigenvalue weighted by atomic mass is 16.5. The summed E-state index contributed by atoms with van der Waals surface area (Å²) in [6.07, 6.45) is 4.93. The van der Waals surface area contributed by atoms with Crippen molar-refractivity contribution in [1.82, 2.24) is 0 Å². The molecule has 0 spiro atoms. The summed E-state index contributed by atoms with van der Waals surface area (Å²) in [7, 11) is 3.60. The van der Waals surface area contributed by atoms with Crippen LogP contribution in [0.5, 0.6) is 11.5 Å². The van der Waals surface area contributed by atoms with Crippen LogP contribution in [0.15, 0.2) is 78.9 Å². The van der Waals surface area contributed by atoms with Crippen molar-refractivity contribution in [2.24, 2.45) is 0 Å². The number of para-hydroxylation sites is 2. The predicted octanol–water partition coefficient (Wildman–Crippen LogP) is 6.46. The van der Waals surface area contributed by atoms with Crippen LogP contribution in [0.3, 0.4) is 0 Å². The van der Waals surface area contributed by atoms with Crippen LogP contribution in [0.4, 0.5) is 0 Å². The summed E-state index contributed by atoms with van der Waals surface area (Å²) < 4.78 is 12.8. The minimum absolute atomic E-state index is 0.416. The van der Waals surface area contributed by atoms with Crippen LogP contribution in [0, 0.1) is 0 Å². The molecular weight excluding hydrogens is 382 g/mol. The number of methoxy groups -OCH3 is 2. The zero-order chi connectivity index (χ0) is 21.3. The highest BCUT2D eigenvalue weighted by molar-refractivity contribution is 5.38. The number of hydrogen-bond acceptors (Lipinski definition) is 2. The highest BCUT2D eigenvalue weighted by Crippen LogP contribution is 2.60. The minimum Gasteiger partial charge on any atom is -0.496 e. The van der Waals surface area contributed by atoms with Crippen molar-refractivity contribution in [1.29, 1.82) is 0 Å². The standard InChI is InChI=1S/C28H32NO2/c1-30-27-14-8-6-12-23(27)25-18-16-22-17-19-26(24-13-7-9-15-28(24)31-2)29(22,25)20-21-10-4-3-5-11-21/h3-15,22,25-26H,16-20H2,1-2H3/q+1/t22?,25-,26-,29?/m0/s1. The van der Waals surface area contributed by atoms with Crippen LogP contribution in [0.2, 0.25) is 0 Å². The smallest absolute Gasteiger partial charge is 0.128 e. The van der Waals surface area contributed by atoms with E-state index < -0.39 is 0 Å². The van der Waals surface area contributed by atoms with Gasteiger partial charge < -0.3 is 14.0 Å². The Balaban J connectivity index is 1.69. The first-order chi connectivity index (χ1) is 15.3. The normalized spacial score (nSPS) is 27.1. The number of hydrogen-bond donors (Lipinski definition) is 0. The van der Waals surface area contributed by atoms with E-state index in [0.29, 0.717) is 18.1 Å². The third-order valence-electron chi connectivity index (χ3n) is 7.68. The quantitative estimate of drug-likeness (QED) is 0.431. The average Bonchev–Trinajstić information content (AvgIpc) is 3.35. The molecule has 2 aliphatic heterocycles. The SMILES string of the molecule is COc1ccccc1[C@@H]1CCC2CC[C@@H](c3ccccc3OC)[N+]21Cc1ccccc1. The summed E-state index contributed by atoms with van der Waals surface area (Å²) in [5, 5.41) is 0. The lowest BCUT2D eigenvalue weighted by atomic mass is 9.94. The number of ether oxygens (including phenoxy) is 2. The Kier molecular flexibility index (Phi) is 5.45. The maximum atomic E-state index is 5.85. The first kappa shape index (κ1) is 20.1. The van der Waals surface area contributed by atoms with Gasteiger partial charge in [-0.3, -0.25) is 0 Å². The molecule has 3 aromatic carbocycles. The summed E-state index contributed by atoms with van der Waals surface area (Å²) in [5.41, 5.74) is 4.12. The lowest BCUT2D eigenvalue weighted by molar-refractivity contribution is -0.994. The zero-order valence-corrected chi connectivity index (χ0v) is 18.5. The summed E-state index contributed by atoms with van der Waals surface area (Å²) >= 11 is 0. The van der Waals surface area contributed by atoms with Crippen LogP contribution >= 0.6 is 0 Å². The van der Waals surface area contributed by atoms with E-state index in [1.807, 2.05) is 0 Å². The van der Waals surface area contributed by atoms with E-state index in [1.165, 1.54) is 42.4 Å². The van der Waals surface area contributed by atoms with Crippen molar-refractivity contribution >= 4 is 0 Å². The molecule has 0 radical (unpaired) electrons. The van der Waals surface area contributed by atoms with Gasteiger partial charge in [0.25, 0.3) is 0 Å². The first-order valence-corrected chi connectivity index (χ1v) is 11.4. The van der Waals surface area contributed by atoms with Crippen LogP contribution in [0.1, 0.15) is 54.5 Å². The summed E-state index contributed by atoms with van der Waals surface area (Å²) in [4.78, 5) is 0. The molecule has 3 aromatic rings. The summed E-state index contributed by atoms with van der Waals surface area (Å²) in [6, 6.07) is 29.8. The number of quaternary nitrogens is 1. The van der Waals surface area contributed by atoms with Crippen molar-refractivity contribution in [3.63, 3.8) is 0 Å². The Bertz CT molecular complexity index is 972. The van der Waals surface area contributed by atoms with E-state index in [9.17, 15) is 0 Å². The van der Waals surface area contributed by atoms with E-state index in [0.717, 1.165) is 22.5 Å². The number of benzene rings is 3. The number of rotatable bonds is 6. The van der Waals surface area contributed by atoms with E-state index in [1.54, 1.807) is 14.2 Å². The molecule has 2 fully saturated rings. The Hall–Kier alpha value is -2.78. The molecule has 2 heterocycles. The molecule has 2 atom stereocenters. The monoisotopic (exact) mass is 414 g/mol. The molecule has 3 heteroatoms. The van der Waals surface area contributed by atoms with Gasteiger partial charge in [0.05, 0.1) is 31.4 Å². The predicted molar refractivity (Wildman–Crippen MR) is 124 cm³/mol. The Labute approximate surface area is 185 Å². The van der Waals surface area contributed by atoms with Gasteiger partial charge in [-0.2, -0.15) is 0 Å². The third-order valence-corrected chi connectivity index (χ3v) is 7.68. The molecular formula is C28H32NO2+. The van der Waals surface area contributed by atoms with Crippen molar-refractivity contribution in [2.45, 2.75) is 50.4 Å². The Morgan fingerprint density at radius 1 is 0.645 bits per heavy atom. The van der Waals surface area contributed by atoms with Crippen LogP contribution < -0.4 is 9.47 Å². The molecule has 0 aromatic heterocycles. The molecule has 2 aliphatic rings. The van der Waals surface area contributed by atoms with Crippen molar-refractivity contribution in [2.75, 3.05) is 14.2 Å². The topological polar surface area (TPSA) is 18.5 Å².